The molecule has 2 amide bonds. The molecule has 5 nitrogen and oxygen atoms in total. The van der Waals surface area contributed by atoms with Crippen molar-refractivity contribution in [1.29, 1.82) is 0 Å². The lowest BCUT2D eigenvalue weighted by molar-refractivity contribution is 0.145. The number of halogens is 1. The van der Waals surface area contributed by atoms with Crippen LogP contribution >= 0.6 is 0 Å². The Labute approximate surface area is 136 Å². The normalized spacial score (nSPS) is 16.7. The molecule has 1 aromatic carbocycles. The van der Waals surface area contributed by atoms with Crippen molar-refractivity contribution in [3.05, 3.63) is 42.2 Å². The molecular weight excluding hydrogens is 297 g/mol. The quantitative estimate of drug-likeness (QED) is 0.729. The number of rotatable bonds is 5. The van der Waals surface area contributed by atoms with Gasteiger partial charge in [-0.2, -0.15) is 0 Å². The number of amides is 2. The molecule has 1 aliphatic rings. The van der Waals surface area contributed by atoms with E-state index in [1.165, 1.54) is 12.1 Å². The largest absolute Gasteiger partial charge is 0.393 e. The van der Waals surface area contributed by atoms with Crippen LogP contribution in [-0.4, -0.2) is 36.9 Å². The van der Waals surface area contributed by atoms with Crippen LogP contribution in [0.15, 0.2) is 30.9 Å². The van der Waals surface area contributed by atoms with Crippen LogP contribution < -0.4 is 15.5 Å². The highest BCUT2D eigenvalue weighted by Gasteiger charge is 2.22. The minimum absolute atomic E-state index is 0.268. The number of anilines is 1. The van der Waals surface area contributed by atoms with Crippen LogP contribution in [0.5, 0.6) is 0 Å². The summed E-state index contributed by atoms with van der Waals surface area (Å²) in [6, 6.07) is 3.97. The lowest BCUT2D eigenvalue weighted by atomic mass is 10.0. The van der Waals surface area contributed by atoms with E-state index in [4.69, 9.17) is 0 Å². The van der Waals surface area contributed by atoms with Crippen molar-refractivity contribution < 1.29 is 14.3 Å². The van der Waals surface area contributed by atoms with Crippen molar-refractivity contribution in [2.45, 2.75) is 31.9 Å². The van der Waals surface area contributed by atoms with Crippen LogP contribution in [-0.2, 0) is 0 Å². The number of nitrogens with zero attached hydrogens (tertiary/aromatic N) is 1. The zero-order valence-electron chi connectivity index (χ0n) is 13.4. The fourth-order valence-corrected chi connectivity index (χ4v) is 2.76. The maximum absolute atomic E-state index is 13.7. The fraction of sp³-hybridized carbons (Fsp3) is 0.471. The molecular formula is C17H24FN3O2. The Morgan fingerprint density at radius 3 is 2.87 bits per heavy atom. The molecule has 126 valence electrons. The number of aliphatic hydroxyl groups excluding tert-OH is 1. The first kappa shape index (κ1) is 17.3. The number of hydrogen-bond donors (Lipinski definition) is 3. The molecule has 6 heteroatoms. The second-order valence-corrected chi connectivity index (χ2v) is 5.79. The van der Waals surface area contributed by atoms with Crippen molar-refractivity contribution in [2.24, 2.45) is 0 Å². The van der Waals surface area contributed by atoms with Crippen LogP contribution in [0.25, 0.3) is 0 Å². The third kappa shape index (κ3) is 4.69. The minimum Gasteiger partial charge on any atom is -0.393 e. The van der Waals surface area contributed by atoms with E-state index in [2.05, 4.69) is 22.1 Å². The minimum atomic E-state index is -0.336. The van der Waals surface area contributed by atoms with Crippen LogP contribution in [0.1, 0.15) is 31.4 Å². The highest BCUT2D eigenvalue weighted by Crippen LogP contribution is 2.29. The zero-order chi connectivity index (χ0) is 16.8. The van der Waals surface area contributed by atoms with E-state index in [1.807, 2.05) is 6.92 Å². The van der Waals surface area contributed by atoms with Gasteiger partial charge in [-0.15, -0.1) is 6.58 Å². The summed E-state index contributed by atoms with van der Waals surface area (Å²) < 4.78 is 13.7. The number of aliphatic hydroxyl groups is 1. The summed E-state index contributed by atoms with van der Waals surface area (Å²) in [7, 11) is 0. The molecule has 0 aliphatic carbocycles. The van der Waals surface area contributed by atoms with Crippen molar-refractivity contribution in [3.8, 4) is 0 Å². The summed E-state index contributed by atoms with van der Waals surface area (Å²) in [5.74, 6) is -0.332. The highest BCUT2D eigenvalue weighted by molar-refractivity contribution is 5.75. The summed E-state index contributed by atoms with van der Waals surface area (Å²) in [6.07, 6.45) is 2.71. The van der Waals surface area contributed by atoms with Crippen LogP contribution in [0.4, 0.5) is 14.9 Å². The van der Waals surface area contributed by atoms with Crippen LogP contribution in [0.3, 0.4) is 0 Å². The van der Waals surface area contributed by atoms with E-state index < -0.39 is 0 Å². The number of piperidine rings is 1. The lowest BCUT2D eigenvalue weighted by Gasteiger charge is -2.34. The highest BCUT2D eigenvalue weighted by atomic mass is 19.1. The second kappa shape index (κ2) is 7.97. The van der Waals surface area contributed by atoms with Gasteiger partial charge in [0.25, 0.3) is 0 Å². The molecule has 0 radical (unpaired) electrons. The number of carbonyl (C=O) groups is 1. The molecule has 1 heterocycles. The van der Waals surface area contributed by atoms with Gasteiger partial charge in [0.1, 0.15) is 5.82 Å². The topological polar surface area (TPSA) is 64.6 Å². The van der Waals surface area contributed by atoms with Gasteiger partial charge in [0, 0.05) is 30.9 Å². The third-order valence-electron chi connectivity index (χ3n) is 4.02. The monoisotopic (exact) mass is 321 g/mol. The predicted molar refractivity (Wildman–Crippen MR) is 89.0 cm³/mol. The van der Waals surface area contributed by atoms with Crippen molar-refractivity contribution in [1.82, 2.24) is 10.6 Å². The van der Waals surface area contributed by atoms with E-state index >= 15 is 0 Å². The first-order valence-electron chi connectivity index (χ1n) is 7.89. The standard InChI is InChI=1S/C17H24FN3O2/c1-3-8-19-17(23)20-12(2)15-11-13(18)4-5-16(15)21-9-6-14(22)7-10-21/h3-5,11-12,14,22H,1,6-10H2,2H3,(H2,19,20,23)/t12-/m0/s1. The van der Waals surface area contributed by atoms with E-state index in [0.29, 0.717) is 19.4 Å². The van der Waals surface area contributed by atoms with Gasteiger partial charge in [-0.3, -0.25) is 0 Å². The first-order chi connectivity index (χ1) is 11.0. The number of urea groups is 1. The SMILES string of the molecule is C=CCNC(=O)N[C@@H](C)c1cc(F)ccc1N1CCC(O)CC1. The zero-order valence-corrected chi connectivity index (χ0v) is 13.4. The maximum atomic E-state index is 13.7. The van der Waals surface area contributed by atoms with E-state index in [-0.39, 0.29) is 24.0 Å². The number of carbonyl (C=O) groups excluding carboxylic acids is 1. The molecule has 0 saturated carbocycles. The summed E-state index contributed by atoms with van der Waals surface area (Å²) in [5.41, 5.74) is 1.63. The Morgan fingerprint density at radius 1 is 1.52 bits per heavy atom. The van der Waals surface area contributed by atoms with Crippen molar-refractivity contribution in [3.63, 3.8) is 0 Å². The summed E-state index contributed by atoms with van der Waals surface area (Å²) in [6.45, 7) is 7.18. The van der Waals surface area contributed by atoms with Crippen LogP contribution in [0, 0.1) is 5.82 Å². The summed E-state index contributed by atoms with van der Waals surface area (Å²) in [5, 5.41) is 15.1. The first-order valence-corrected chi connectivity index (χ1v) is 7.89. The molecule has 1 aliphatic heterocycles. The summed E-state index contributed by atoms with van der Waals surface area (Å²) >= 11 is 0. The number of hydrogen-bond acceptors (Lipinski definition) is 3. The van der Waals surface area contributed by atoms with Gasteiger partial charge >= 0.3 is 6.03 Å². The molecule has 23 heavy (non-hydrogen) atoms. The van der Waals surface area contributed by atoms with Crippen molar-refractivity contribution >= 4 is 11.7 Å². The fourth-order valence-electron chi connectivity index (χ4n) is 2.76. The Morgan fingerprint density at radius 2 is 2.22 bits per heavy atom. The maximum Gasteiger partial charge on any atom is 0.315 e. The Balaban J connectivity index is 2.14. The average Bonchev–Trinajstić information content (AvgIpc) is 2.53. The molecule has 1 aromatic rings. The van der Waals surface area contributed by atoms with Gasteiger partial charge in [-0.25, -0.2) is 9.18 Å². The van der Waals surface area contributed by atoms with E-state index in [0.717, 1.165) is 24.3 Å². The Bertz CT molecular complexity index is 557. The van der Waals surface area contributed by atoms with Gasteiger partial charge in [0.2, 0.25) is 0 Å². The second-order valence-electron chi connectivity index (χ2n) is 5.79. The molecule has 2 rings (SSSR count). The molecule has 0 bridgehead atoms. The van der Waals surface area contributed by atoms with Gasteiger partial charge < -0.3 is 20.6 Å². The molecule has 1 fully saturated rings. The van der Waals surface area contributed by atoms with E-state index in [9.17, 15) is 14.3 Å². The van der Waals surface area contributed by atoms with Crippen molar-refractivity contribution in [2.75, 3.05) is 24.5 Å². The number of benzene rings is 1. The lowest BCUT2D eigenvalue weighted by Crippen LogP contribution is -2.39. The molecule has 0 unspecified atom stereocenters. The molecule has 3 N–H and O–H groups in total. The van der Waals surface area contributed by atoms with Gasteiger partial charge in [-0.05, 0) is 38.0 Å². The average molecular weight is 321 g/mol. The van der Waals surface area contributed by atoms with Gasteiger partial charge in [-0.1, -0.05) is 6.08 Å². The Hall–Kier alpha value is -2.08. The Kier molecular flexibility index (Phi) is 5.98. The smallest absolute Gasteiger partial charge is 0.315 e. The van der Waals surface area contributed by atoms with E-state index in [1.54, 1.807) is 12.1 Å². The predicted octanol–water partition coefficient (Wildman–Crippen LogP) is 2.33. The van der Waals surface area contributed by atoms with Gasteiger partial charge in [0.15, 0.2) is 0 Å². The van der Waals surface area contributed by atoms with Crippen LogP contribution in [0.2, 0.25) is 0 Å². The third-order valence-corrected chi connectivity index (χ3v) is 4.02. The molecule has 1 saturated heterocycles. The van der Waals surface area contributed by atoms with Gasteiger partial charge in [0.05, 0.1) is 12.1 Å². The molecule has 1 atom stereocenters. The number of nitrogens with one attached hydrogen (secondary N) is 2. The molecule has 0 aromatic heterocycles. The summed E-state index contributed by atoms with van der Waals surface area (Å²) in [4.78, 5) is 13.9. The molecule has 0 spiro atoms.